The van der Waals surface area contributed by atoms with Gasteiger partial charge in [0, 0.05) is 17.8 Å². The van der Waals surface area contributed by atoms with Gasteiger partial charge >= 0.3 is 0 Å². The van der Waals surface area contributed by atoms with Gasteiger partial charge in [-0.2, -0.15) is 0 Å². The number of phenolic OH excluding ortho intramolecular Hbond substituents is 1. The van der Waals surface area contributed by atoms with Crippen molar-refractivity contribution in [1.82, 2.24) is 0 Å². The minimum absolute atomic E-state index is 0.0480. The predicted octanol–water partition coefficient (Wildman–Crippen LogP) is 3.42. The van der Waals surface area contributed by atoms with Crippen molar-refractivity contribution in [2.24, 2.45) is 0 Å². The first-order valence-electron chi connectivity index (χ1n) is 6.90. The van der Waals surface area contributed by atoms with Gasteiger partial charge in [-0.05, 0) is 54.3 Å². The fraction of sp³-hybridized carbons (Fsp3) is 0.235. The van der Waals surface area contributed by atoms with Gasteiger partial charge in [0.2, 0.25) is 5.91 Å². The number of nitrogen functional groups attached to an aromatic ring is 1. The zero-order chi connectivity index (χ0) is 15.4. The third kappa shape index (κ3) is 3.99. The Morgan fingerprint density at radius 3 is 2.52 bits per heavy atom. The third-order valence-electron chi connectivity index (χ3n) is 3.48. The Morgan fingerprint density at radius 1 is 1.24 bits per heavy atom. The molecule has 0 aromatic heterocycles. The third-order valence-corrected chi connectivity index (χ3v) is 3.48. The highest BCUT2D eigenvalue weighted by atomic mass is 16.3. The topological polar surface area (TPSA) is 75.3 Å². The van der Waals surface area contributed by atoms with Crippen molar-refractivity contribution in [2.75, 3.05) is 11.1 Å². The SMILES string of the molecule is Cc1cc(O)ccc1NC(=O)CC(C)c1ccc(N)cc1. The molecular weight excluding hydrogens is 264 g/mol. The van der Waals surface area contributed by atoms with E-state index in [1.54, 1.807) is 18.2 Å². The number of carbonyl (C=O) groups is 1. The van der Waals surface area contributed by atoms with Crippen molar-refractivity contribution in [1.29, 1.82) is 0 Å². The number of nitrogens with one attached hydrogen (secondary N) is 1. The number of aromatic hydroxyl groups is 1. The van der Waals surface area contributed by atoms with Crippen LogP contribution in [-0.2, 0) is 4.79 Å². The monoisotopic (exact) mass is 284 g/mol. The Kier molecular flexibility index (Phi) is 4.48. The molecule has 0 saturated carbocycles. The van der Waals surface area contributed by atoms with E-state index in [0.717, 1.165) is 22.5 Å². The van der Waals surface area contributed by atoms with E-state index in [-0.39, 0.29) is 17.6 Å². The standard InChI is InChI=1S/C17H20N2O2/c1-11(13-3-5-14(18)6-4-13)10-17(21)19-16-8-7-15(20)9-12(16)2/h3-9,11,20H,10,18H2,1-2H3,(H,19,21). The van der Waals surface area contributed by atoms with Crippen LogP contribution in [0.15, 0.2) is 42.5 Å². The molecule has 2 aromatic carbocycles. The summed E-state index contributed by atoms with van der Waals surface area (Å²) in [4.78, 5) is 12.1. The van der Waals surface area contributed by atoms with Gasteiger partial charge in [0.15, 0.2) is 0 Å². The molecular formula is C17H20N2O2. The van der Waals surface area contributed by atoms with E-state index in [1.807, 2.05) is 38.1 Å². The summed E-state index contributed by atoms with van der Waals surface area (Å²) in [5.74, 6) is 0.261. The quantitative estimate of drug-likeness (QED) is 0.595. The second kappa shape index (κ2) is 6.31. The molecule has 1 atom stereocenters. The molecule has 0 saturated heterocycles. The second-order valence-corrected chi connectivity index (χ2v) is 5.32. The average molecular weight is 284 g/mol. The van der Waals surface area contributed by atoms with E-state index >= 15 is 0 Å². The fourth-order valence-corrected chi connectivity index (χ4v) is 2.21. The molecule has 0 bridgehead atoms. The molecule has 4 N–H and O–H groups in total. The highest BCUT2D eigenvalue weighted by Crippen LogP contribution is 2.23. The van der Waals surface area contributed by atoms with Gasteiger partial charge in [-0.3, -0.25) is 4.79 Å². The van der Waals surface area contributed by atoms with Crippen LogP contribution >= 0.6 is 0 Å². The number of aryl methyl sites for hydroxylation is 1. The number of carbonyl (C=O) groups excluding carboxylic acids is 1. The van der Waals surface area contributed by atoms with Crippen molar-refractivity contribution in [3.8, 4) is 5.75 Å². The summed E-state index contributed by atoms with van der Waals surface area (Å²) >= 11 is 0. The number of anilines is 2. The van der Waals surface area contributed by atoms with E-state index in [0.29, 0.717) is 6.42 Å². The zero-order valence-corrected chi connectivity index (χ0v) is 12.3. The molecule has 21 heavy (non-hydrogen) atoms. The summed E-state index contributed by atoms with van der Waals surface area (Å²) in [6.45, 7) is 3.85. The summed E-state index contributed by atoms with van der Waals surface area (Å²) < 4.78 is 0. The first-order chi connectivity index (χ1) is 9.95. The first-order valence-corrected chi connectivity index (χ1v) is 6.90. The molecule has 1 amide bonds. The number of hydrogen-bond donors (Lipinski definition) is 3. The Bertz CT molecular complexity index is 636. The lowest BCUT2D eigenvalue weighted by atomic mass is 9.97. The van der Waals surface area contributed by atoms with Gasteiger partial charge in [0.1, 0.15) is 5.75 Å². The number of rotatable bonds is 4. The van der Waals surface area contributed by atoms with E-state index < -0.39 is 0 Å². The second-order valence-electron chi connectivity index (χ2n) is 5.32. The minimum Gasteiger partial charge on any atom is -0.508 e. The van der Waals surface area contributed by atoms with Crippen LogP contribution in [0.5, 0.6) is 5.75 Å². The Balaban J connectivity index is 1.99. The summed E-state index contributed by atoms with van der Waals surface area (Å²) in [5.41, 5.74) is 9.02. The largest absolute Gasteiger partial charge is 0.508 e. The van der Waals surface area contributed by atoms with Gasteiger partial charge in [-0.15, -0.1) is 0 Å². The Labute approximate surface area is 124 Å². The maximum Gasteiger partial charge on any atom is 0.224 e. The van der Waals surface area contributed by atoms with Crippen molar-refractivity contribution in [3.63, 3.8) is 0 Å². The maximum atomic E-state index is 12.1. The molecule has 2 aromatic rings. The summed E-state index contributed by atoms with van der Waals surface area (Å²) in [7, 11) is 0. The van der Waals surface area contributed by atoms with Crippen LogP contribution in [0.2, 0.25) is 0 Å². The zero-order valence-electron chi connectivity index (χ0n) is 12.3. The van der Waals surface area contributed by atoms with Crippen molar-refractivity contribution in [2.45, 2.75) is 26.2 Å². The van der Waals surface area contributed by atoms with Crippen molar-refractivity contribution in [3.05, 3.63) is 53.6 Å². The Morgan fingerprint density at radius 2 is 1.90 bits per heavy atom. The molecule has 0 radical (unpaired) electrons. The number of hydrogen-bond acceptors (Lipinski definition) is 3. The molecule has 0 aliphatic heterocycles. The lowest BCUT2D eigenvalue weighted by Crippen LogP contribution is -2.15. The van der Waals surface area contributed by atoms with Gasteiger partial charge in [0.25, 0.3) is 0 Å². The minimum atomic E-state index is -0.0480. The van der Waals surface area contributed by atoms with Crippen LogP contribution in [0.3, 0.4) is 0 Å². The molecule has 0 heterocycles. The molecule has 0 fully saturated rings. The van der Waals surface area contributed by atoms with Crippen molar-refractivity contribution >= 4 is 17.3 Å². The van der Waals surface area contributed by atoms with Crippen LogP contribution in [0.25, 0.3) is 0 Å². The lowest BCUT2D eigenvalue weighted by Gasteiger charge is -2.13. The first kappa shape index (κ1) is 14.9. The van der Waals surface area contributed by atoms with Crippen LogP contribution in [0.4, 0.5) is 11.4 Å². The summed E-state index contributed by atoms with van der Waals surface area (Å²) in [6, 6.07) is 12.5. The molecule has 110 valence electrons. The fourth-order valence-electron chi connectivity index (χ4n) is 2.21. The lowest BCUT2D eigenvalue weighted by molar-refractivity contribution is -0.116. The molecule has 0 spiro atoms. The molecule has 0 aliphatic rings. The molecule has 2 rings (SSSR count). The number of amides is 1. The number of nitrogens with two attached hydrogens (primary N) is 1. The van der Waals surface area contributed by atoms with Gasteiger partial charge in [-0.25, -0.2) is 0 Å². The molecule has 4 nitrogen and oxygen atoms in total. The highest BCUT2D eigenvalue weighted by Gasteiger charge is 2.12. The van der Waals surface area contributed by atoms with Crippen LogP contribution in [-0.4, -0.2) is 11.0 Å². The summed E-state index contributed by atoms with van der Waals surface area (Å²) in [5, 5.41) is 12.2. The van der Waals surface area contributed by atoms with E-state index in [1.165, 1.54) is 0 Å². The molecule has 1 unspecified atom stereocenters. The predicted molar refractivity (Wildman–Crippen MR) is 85.4 cm³/mol. The van der Waals surface area contributed by atoms with E-state index in [9.17, 15) is 9.90 Å². The number of phenols is 1. The smallest absolute Gasteiger partial charge is 0.224 e. The van der Waals surface area contributed by atoms with Crippen LogP contribution in [0.1, 0.15) is 30.4 Å². The summed E-state index contributed by atoms with van der Waals surface area (Å²) in [6.07, 6.45) is 0.393. The Hall–Kier alpha value is -2.49. The number of benzene rings is 2. The average Bonchev–Trinajstić information content (AvgIpc) is 2.42. The van der Waals surface area contributed by atoms with E-state index in [4.69, 9.17) is 5.73 Å². The van der Waals surface area contributed by atoms with Crippen molar-refractivity contribution < 1.29 is 9.90 Å². The molecule has 4 heteroatoms. The normalized spacial score (nSPS) is 11.9. The van der Waals surface area contributed by atoms with Crippen LogP contribution in [0, 0.1) is 6.92 Å². The van der Waals surface area contributed by atoms with Gasteiger partial charge in [-0.1, -0.05) is 19.1 Å². The maximum absolute atomic E-state index is 12.1. The van der Waals surface area contributed by atoms with Gasteiger partial charge < -0.3 is 16.2 Å². The molecule has 0 aliphatic carbocycles. The van der Waals surface area contributed by atoms with E-state index in [2.05, 4.69) is 5.32 Å². The highest BCUT2D eigenvalue weighted by molar-refractivity contribution is 5.92. The van der Waals surface area contributed by atoms with Crippen LogP contribution < -0.4 is 11.1 Å². The van der Waals surface area contributed by atoms with Gasteiger partial charge in [0.05, 0.1) is 0 Å².